The molecule has 4 nitrogen and oxygen atoms in total. The van der Waals surface area contributed by atoms with Crippen molar-refractivity contribution < 1.29 is 5.43 Å². The molecule has 0 spiro atoms. The minimum Gasteiger partial charge on any atom is -0.298 e. The number of hydrogen-bond donors (Lipinski definition) is 2. The number of pyridine rings is 1. The van der Waals surface area contributed by atoms with E-state index in [9.17, 15) is 5.41 Å². The van der Waals surface area contributed by atoms with Crippen LogP contribution >= 0.6 is 0 Å². The van der Waals surface area contributed by atoms with Gasteiger partial charge in [-0.25, -0.2) is 0 Å². The van der Waals surface area contributed by atoms with Gasteiger partial charge in [-0.15, -0.1) is 0 Å². The van der Waals surface area contributed by atoms with Crippen molar-refractivity contribution in [3.63, 3.8) is 0 Å². The number of nitrogens with two attached hydrogens (primary N) is 1. The van der Waals surface area contributed by atoms with Crippen molar-refractivity contribution in [3.05, 3.63) is 230 Å². The van der Waals surface area contributed by atoms with E-state index < -0.39 is 0 Å². The molecule has 0 saturated heterocycles. The quantitative estimate of drug-likeness (QED) is 0.0719. The Morgan fingerprint density at radius 3 is 1.41 bits per heavy atom. The van der Waals surface area contributed by atoms with E-state index in [2.05, 4.69) is 193 Å². The third-order valence-electron chi connectivity index (χ3n) is 11.8. The summed E-state index contributed by atoms with van der Waals surface area (Å²) in [7, 11) is 0. The molecule has 1 aromatic heterocycles. The Morgan fingerprint density at radius 2 is 0.836 bits per heavy atom. The van der Waals surface area contributed by atoms with Crippen LogP contribution in [0.15, 0.2) is 224 Å². The molecule has 1 aliphatic carbocycles. The second-order valence-corrected chi connectivity index (χ2v) is 15.7. The fourth-order valence-electron chi connectivity index (χ4n) is 8.53. The van der Waals surface area contributed by atoms with Crippen molar-refractivity contribution in [2.75, 3.05) is 0 Å². The average molecular weight is 780 g/mol. The highest BCUT2D eigenvalue weighted by Gasteiger charge is 2.22. The molecule has 10 aromatic rings. The van der Waals surface area contributed by atoms with Gasteiger partial charge in [0.2, 0.25) is 0 Å². The standard InChI is InChI=1S/C57H38N4/c58-57-55(51-25-24-48-30-45(20-21-49(48)32-51)43-17-15-38-8-2-4-10-40(38)28-43)34-53(35-56(57)61-60-54-13-5-11-41(33-54)52-12-6-26-59-36-52)50-23-22-46-29-44(18-19-47(46)31-50)42-16-14-37-7-1-3-9-39(37)27-42/h1-36,58,60H/p+1/b58-57?,61-56-. The predicted octanol–water partition coefficient (Wildman–Crippen LogP) is 13.4. The Kier molecular flexibility index (Phi) is 9.03. The molecule has 0 amide bonds. The van der Waals surface area contributed by atoms with Crippen LogP contribution < -0.4 is 5.43 Å². The molecule has 0 radical (unpaired) electrons. The van der Waals surface area contributed by atoms with Crippen molar-refractivity contribution in [1.82, 2.24) is 4.98 Å². The molecule has 1 heterocycles. The number of benzene rings is 9. The number of fused-ring (bicyclic) bond motifs is 4. The summed E-state index contributed by atoms with van der Waals surface area (Å²) in [4.78, 5) is 4.31. The maximum Gasteiger partial charge on any atom is 0.156 e. The molecule has 0 atom stereocenters. The molecule has 61 heavy (non-hydrogen) atoms. The zero-order valence-electron chi connectivity index (χ0n) is 33.3. The third kappa shape index (κ3) is 7.12. The first-order valence-electron chi connectivity index (χ1n) is 20.6. The summed E-state index contributed by atoms with van der Waals surface area (Å²) in [5.74, 6) is 0. The van der Waals surface area contributed by atoms with Crippen molar-refractivity contribution in [1.29, 1.82) is 5.41 Å². The number of rotatable bonds is 7. The van der Waals surface area contributed by atoms with Crippen LogP contribution in [0.2, 0.25) is 0 Å². The van der Waals surface area contributed by atoms with E-state index in [1.165, 1.54) is 49.2 Å². The highest BCUT2D eigenvalue weighted by molar-refractivity contribution is 6.62. The van der Waals surface area contributed by atoms with E-state index in [0.29, 0.717) is 11.4 Å². The van der Waals surface area contributed by atoms with Crippen LogP contribution in [0.4, 0.5) is 5.69 Å². The lowest BCUT2D eigenvalue weighted by molar-refractivity contribution is -0.577. The molecule has 3 N–H and O–H groups in total. The van der Waals surface area contributed by atoms with Crippen molar-refractivity contribution in [3.8, 4) is 33.4 Å². The maximum absolute atomic E-state index is 9.57. The van der Waals surface area contributed by atoms with E-state index in [1.54, 1.807) is 6.20 Å². The molecule has 0 unspecified atom stereocenters. The van der Waals surface area contributed by atoms with Crippen molar-refractivity contribution >= 4 is 71.3 Å². The number of hydrogen-bond acceptors (Lipinski definition) is 3. The van der Waals surface area contributed by atoms with Crippen LogP contribution in [-0.2, 0) is 0 Å². The van der Waals surface area contributed by atoms with Gasteiger partial charge in [0.1, 0.15) is 5.71 Å². The summed E-state index contributed by atoms with van der Waals surface area (Å²) in [5.41, 5.74) is 14.6. The van der Waals surface area contributed by atoms with Gasteiger partial charge in [-0.3, -0.25) is 10.4 Å². The fourth-order valence-corrected chi connectivity index (χ4v) is 8.53. The highest BCUT2D eigenvalue weighted by Crippen LogP contribution is 2.35. The predicted molar refractivity (Wildman–Crippen MR) is 256 cm³/mol. The van der Waals surface area contributed by atoms with E-state index in [0.717, 1.165) is 55.2 Å². The van der Waals surface area contributed by atoms with Gasteiger partial charge in [0.05, 0.1) is 5.71 Å². The van der Waals surface area contributed by atoms with Gasteiger partial charge < -0.3 is 0 Å². The average Bonchev–Trinajstić information content (AvgIpc) is 3.33. The summed E-state index contributed by atoms with van der Waals surface area (Å²) in [6.07, 6.45) is 7.86. The number of nitrogens with one attached hydrogen (secondary N) is 1. The second-order valence-electron chi connectivity index (χ2n) is 15.7. The largest absolute Gasteiger partial charge is 0.298 e. The highest BCUT2D eigenvalue weighted by atomic mass is 15.3. The molecule has 9 aromatic carbocycles. The van der Waals surface area contributed by atoms with Crippen LogP contribution in [-0.4, -0.2) is 16.4 Å². The van der Waals surface area contributed by atoms with Gasteiger partial charge in [0, 0.05) is 35.7 Å². The Labute approximate surface area is 354 Å². The maximum atomic E-state index is 9.57. The number of allylic oxidation sites excluding steroid dienone is 4. The molecular weight excluding hydrogens is 741 g/mol. The lowest BCUT2D eigenvalue weighted by atomic mass is 9.86. The molecular formula is C57H39N4+. The summed E-state index contributed by atoms with van der Waals surface area (Å²) in [5, 5.41) is 24.1. The van der Waals surface area contributed by atoms with Crippen molar-refractivity contribution in [2.45, 2.75) is 0 Å². The van der Waals surface area contributed by atoms with Gasteiger partial charge in [-0.2, -0.15) is 5.43 Å². The van der Waals surface area contributed by atoms with E-state index in [4.69, 9.17) is 5.10 Å². The Morgan fingerprint density at radius 1 is 0.377 bits per heavy atom. The van der Waals surface area contributed by atoms with Crippen LogP contribution in [0, 0.1) is 5.41 Å². The molecule has 0 fully saturated rings. The van der Waals surface area contributed by atoms with E-state index in [1.807, 2.05) is 29.8 Å². The molecule has 0 saturated carbocycles. The van der Waals surface area contributed by atoms with Gasteiger partial charge >= 0.3 is 0 Å². The normalized spacial score (nSPS) is 13.6. The monoisotopic (exact) mass is 779 g/mol. The third-order valence-corrected chi connectivity index (χ3v) is 11.8. The number of nitrogens with zero attached hydrogens (tertiary/aromatic N) is 2. The minimum atomic E-state index is 0.386. The first-order chi connectivity index (χ1) is 30.1. The van der Waals surface area contributed by atoms with Crippen LogP contribution in [0.3, 0.4) is 0 Å². The number of quaternary nitrogens is 1. The van der Waals surface area contributed by atoms with Gasteiger partial charge in [0.15, 0.2) is 5.69 Å². The molecule has 0 aliphatic heterocycles. The molecule has 4 heteroatoms. The first-order valence-corrected chi connectivity index (χ1v) is 20.6. The van der Waals surface area contributed by atoms with Crippen LogP contribution in [0.25, 0.3) is 87.6 Å². The fraction of sp³-hybridized carbons (Fsp3) is 0. The molecule has 11 rings (SSSR count). The Bertz CT molecular complexity index is 3470. The zero-order chi connectivity index (χ0) is 40.7. The van der Waals surface area contributed by atoms with Crippen molar-refractivity contribution in [2.24, 2.45) is 5.10 Å². The van der Waals surface area contributed by atoms with Crippen LogP contribution in [0.5, 0.6) is 0 Å². The van der Waals surface area contributed by atoms with Crippen LogP contribution in [0.1, 0.15) is 11.1 Å². The lowest BCUT2D eigenvalue weighted by Gasteiger charge is -2.18. The van der Waals surface area contributed by atoms with E-state index in [-0.39, 0.29) is 0 Å². The zero-order valence-corrected chi connectivity index (χ0v) is 33.3. The molecule has 286 valence electrons. The van der Waals surface area contributed by atoms with Gasteiger partial charge in [-0.1, -0.05) is 145 Å². The topological polar surface area (TPSA) is 65.7 Å². The lowest BCUT2D eigenvalue weighted by Crippen LogP contribution is -2.72. The summed E-state index contributed by atoms with van der Waals surface area (Å²) in [6, 6.07) is 69.1. The minimum absolute atomic E-state index is 0.386. The Hall–Kier alpha value is -8.05. The molecule has 0 bridgehead atoms. The second kappa shape index (κ2) is 15.3. The van der Waals surface area contributed by atoms with E-state index >= 15 is 0 Å². The summed E-state index contributed by atoms with van der Waals surface area (Å²) >= 11 is 0. The van der Waals surface area contributed by atoms with Gasteiger partial charge in [-0.05, 0) is 142 Å². The Balaban J connectivity index is 0.958. The summed E-state index contributed by atoms with van der Waals surface area (Å²) in [6.45, 7) is 0. The number of aromatic nitrogens is 1. The SMILES string of the molecule is N=C1C(c2ccc3cc(-c4ccc5ccccc5c4)ccc3c2)=CC(c2ccc3cc(-c4ccc5ccccc5c4)ccc3c2)=C/C1=N/[NH2+]c1cccc(-c2cccnc2)c1. The van der Waals surface area contributed by atoms with Gasteiger partial charge in [0.25, 0.3) is 0 Å². The molecule has 1 aliphatic rings. The first kappa shape index (κ1) is 36.1. The smallest absolute Gasteiger partial charge is 0.156 e. The summed E-state index contributed by atoms with van der Waals surface area (Å²) < 4.78 is 0.